The van der Waals surface area contributed by atoms with Crippen LogP contribution in [-0.4, -0.2) is 16.3 Å². The van der Waals surface area contributed by atoms with Crippen LogP contribution >= 0.6 is 0 Å². The topological polar surface area (TPSA) is 29.9 Å². The molecule has 66 valence electrons. The van der Waals surface area contributed by atoms with E-state index in [4.69, 9.17) is 0 Å². The maximum Gasteiger partial charge on any atom is 0.0537 e. The monoisotopic (exact) mass is 165 g/mol. The third-order valence-electron chi connectivity index (χ3n) is 2.44. The Kier molecular flexibility index (Phi) is 2.13. The first-order valence-corrected chi connectivity index (χ1v) is 4.66. The van der Waals surface area contributed by atoms with Gasteiger partial charge in [0.2, 0.25) is 0 Å². The Morgan fingerprint density at radius 1 is 1.75 bits per heavy atom. The zero-order valence-electron chi connectivity index (χ0n) is 7.45. The lowest BCUT2D eigenvalue weighted by Crippen LogP contribution is -2.11. The molecule has 1 aromatic rings. The third-order valence-corrected chi connectivity index (χ3v) is 2.44. The van der Waals surface area contributed by atoms with E-state index in [2.05, 4.69) is 23.5 Å². The van der Waals surface area contributed by atoms with Crippen molar-refractivity contribution in [3.05, 3.63) is 18.0 Å². The van der Waals surface area contributed by atoms with Gasteiger partial charge in [0, 0.05) is 24.3 Å². The highest BCUT2D eigenvalue weighted by Gasteiger charge is 2.16. The summed E-state index contributed by atoms with van der Waals surface area (Å²) in [4.78, 5) is 0. The number of nitrogens with zero attached hydrogens (tertiary/aromatic N) is 2. The molecule has 0 radical (unpaired) electrons. The number of hydrogen-bond donors (Lipinski definition) is 1. The summed E-state index contributed by atoms with van der Waals surface area (Å²) in [5.41, 5.74) is 1.34. The quantitative estimate of drug-likeness (QED) is 0.716. The van der Waals surface area contributed by atoms with Gasteiger partial charge in [0.25, 0.3) is 0 Å². The minimum absolute atomic E-state index is 0.560. The fourth-order valence-electron chi connectivity index (χ4n) is 1.70. The summed E-state index contributed by atoms with van der Waals surface area (Å²) in [6.45, 7) is 4.23. The molecule has 2 heterocycles. The molecule has 0 bridgehead atoms. The highest BCUT2D eigenvalue weighted by molar-refractivity contribution is 5.11. The number of aryl methyl sites for hydroxylation is 1. The molecule has 1 aliphatic rings. The Labute approximate surface area is 72.8 Å². The van der Waals surface area contributed by atoms with Crippen LogP contribution in [0.3, 0.4) is 0 Å². The lowest BCUT2D eigenvalue weighted by Gasteiger charge is -2.05. The molecule has 0 spiro atoms. The molecule has 1 aliphatic heterocycles. The average Bonchev–Trinajstić information content (AvgIpc) is 2.75. The van der Waals surface area contributed by atoms with Crippen molar-refractivity contribution in [2.45, 2.75) is 32.4 Å². The molecule has 0 unspecified atom stereocenters. The molecular weight excluding hydrogens is 150 g/mol. The maximum absolute atomic E-state index is 4.26. The van der Waals surface area contributed by atoms with Crippen molar-refractivity contribution >= 4 is 0 Å². The van der Waals surface area contributed by atoms with Gasteiger partial charge in [-0.15, -0.1) is 0 Å². The van der Waals surface area contributed by atoms with Crippen molar-refractivity contribution < 1.29 is 0 Å². The van der Waals surface area contributed by atoms with Crippen LogP contribution in [0.15, 0.2) is 12.4 Å². The van der Waals surface area contributed by atoms with Gasteiger partial charge in [-0.2, -0.15) is 5.10 Å². The van der Waals surface area contributed by atoms with Gasteiger partial charge in [0.05, 0.1) is 6.20 Å². The molecule has 0 amide bonds. The minimum Gasteiger partial charge on any atom is -0.310 e. The van der Waals surface area contributed by atoms with Crippen LogP contribution in [0, 0.1) is 0 Å². The van der Waals surface area contributed by atoms with E-state index >= 15 is 0 Å². The van der Waals surface area contributed by atoms with Gasteiger partial charge in [-0.25, -0.2) is 0 Å². The van der Waals surface area contributed by atoms with Crippen LogP contribution in [0.1, 0.15) is 31.4 Å². The molecule has 0 aromatic carbocycles. The van der Waals surface area contributed by atoms with E-state index < -0.39 is 0 Å². The lowest BCUT2D eigenvalue weighted by molar-refractivity contribution is 0.637. The van der Waals surface area contributed by atoms with Gasteiger partial charge >= 0.3 is 0 Å². The van der Waals surface area contributed by atoms with E-state index in [1.807, 2.05) is 10.9 Å². The predicted octanol–water partition coefficient (Wildman–Crippen LogP) is 1.33. The van der Waals surface area contributed by atoms with Crippen LogP contribution in [0.4, 0.5) is 0 Å². The molecule has 3 nitrogen and oxygen atoms in total. The van der Waals surface area contributed by atoms with Crippen molar-refractivity contribution in [3.8, 4) is 0 Å². The van der Waals surface area contributed by atoms with Gasteiger partial charge in [-0.1, -0.05) is 0 Å². The second kappa shape index (κ2) is 3.27. The Bertz CT molecular complexity index is 248. The SMILES string of the molecule is CCn1cc([C@H]2CCCN2)cn1. The fourth-order valence-corrected chi connectivity index (χ4v) is 1.70. The molecule has 1 saturated heterocycles. The van der Waals surface area contributed by atoms with Gasteiger partial charge in [0.1, 0.15) is 0 Å². The van der Waals surface area contributed by atoms with Crippen molar-refractivity contribution in [3.63, 3.8) is 0 Å². The summed E-state index contributed by atoms with van der Waals surface area (Å²) >= 11 is 0. The molecule has 1 atom stereocenters. The van der Waals surface area contributed by atoms with E-state index in [1.165, 1.54) is 18.4 Å². The Morgan fingerprint density at radius 3 is 3.25 bits per heavy atom. The van der Waals surface area contributed by atoms with Crippen LogP contribution in [0.5, 0.6) is 0 Å². The molecule has 3 heteroatoms. The van der Waals surface area contributed by atoms with Crippen LogP contribution in [-0.2, 0) is 6.54 Å². The molecular formula is C9H15N3. The molecule has 12 heavy (non-hydrogen) atoms. The Balaban J connectivity index is 2.11. The van der Waals surface area contributed by atoms with E-state index in [-0.39, 0.29) is 0 Å². The second-order valence-electron chi connectivity index (χ2n) is 3.28. The molecule has 1 fully saturated rings. The number of rotatable bonds is 2. The van der Waals surface area contributed by atoms with Gasteiger partial charge < -0.3 is 5.32 Å². The van der Waals surface area contributed by atoms with E-state index in [1.54, 1.807) is 0 Å². The van der Waals surface area contributed by atoms with Gasteiger partial charge in [-0.3, -0.25) is 4.68 Å². The molecule has 2 rings (SSSR count). The maximum atomic E-state index is 4.26. The largest absolute Gasteiger partial charge is 0.310 e. The summed E-state index contributed by atoms with van der Waals surface area (Å²) < 4.78 is 1.98. The van der Waals surface area contributed by atoms with Crippen LogP contribution in [0.2, 0.25) is 0 Å². The standard InChI is InChI=1S/C9H15N3/c1-2-12-7-8(6-11-12)9-4-3-5-10-9/h6-7,9-10H,2-5H2,1H3/t9-/m1/s1. The summed E-state index contributed by atoms with van der Waals surface area (Å²) in [6.07, 6.45) is 6.67. The summed E-state index contributed by atoms with van der Waals surface area (Å²) in [5.74, 6) is 0. The predicted molar refractivity (Wildman–Crippen MR) is 47.9 cm³/mol. The second-order valence-corrected chi connectivity index (χ2v) is 3.28. The summed E-state index contributed by atoms with van der Waals surface area (Å²) in [5, 5.41) is 7.71. The fraction of sp³-hybridized carbons (Fsp3) is 0.667. The third kappa shape index (κ3) is 1.37. The summed E-state index contributed by atoms with van der Waals surface area (Å²) in [7, 11) is 0. The first-order chi connectivity index (χ1) is 5.90. The minimum atomic E-state index is 0.560. The van der Waals surface area contributed by atoms with Gasteiger partial charge in [-0.05, 0) is 26.3 Å². The normalized spacial score (nSPS) is 23.2. The van der Waals surface area contributed by atoms with E-state index in [0.29, 0.717) is 6.04 Å². The van der Waals surface area contributed by atoms with Crippen molar-refractivity contribution in [2.75, 3.05) is 6.54 Å². The summed E-state index contributed by atoms with van der Waals surface area (Å²) in [6, 6.07) is 0.560. The van der Waals surface area contributed by atoms with E-state index in [0.717, 1.165) is 13.1 Å². The van der Waals surface area contributed by atoms with Crippen molar-refractivity contribution in [2.24, 2.45) is 0 Å². The van der Waals surface area contributed by atoms with Crippen molar-refractivity contribution in [1.82, 2.24) is 15.1 Å². The zero-order valence-corrected chi connectivity index (χ0v) is 7.45. The number of aromatic nitrogens is 2. The van der Waals surface area contributed by atoms with Crippen LogP contribution in [0.25, 0.3) is 0 Å². The molecule has 1 N–H and O–H groups in total. The Hall–Kier alpha value is -0.830. The average molecular weight is 165 g/mol. The number of nitrogens with one attached hydrogen (secondary N) is 1. The van der Waals surface area contributed by atoms with E-state index in [9.17, 15) is 0 Å². The highest BCUT2D eigenvalue weighted by Crippen LogP contribution is 2.21. The lowest BCUT2D eigenvalue weighted by atomic mass is 10.1. The zero-order chi connectivity index (χ0) is 8.39. The van der Waals surface area contributed by atoms with Crippen molar-refractivity contribution in [1.29, 1.82) is 0 Å². The number of hydrogen-bond acceptors (Lipinski definition) is 2. The first-order valence-electron chi connectivity index (χ1n) is 4.66. The molecule has 0 saturated carbocycles. The highest BCUT2D eigenvalue weighted by atomic mass is 15.3. The molecule has 1 aromatic heterocycles. The van der Waals surface area contributed by atoms with Gasteiger partial charge in [0.15, 0.2) is 0 Å². The molecule has 0 aliphatic carbocycles. The first kappa shape index (κ1) is 7.80. The Morgan fingerprint density at radius 2 is 2.67 bits per heavy atom. The van der Waals surface area contributed by atoms with Crippen LogP contribution < -0.4 is 5.32 Å². The smallest absolute Gasteiger partial charge is 0.0537 e.